The first-order valence-electron chi connectivity index (χ1n) is 8.97. The number of nitrogens with zero attached hydrogens (tertiary/aromatic N) is 3. The molecule has 150 valence electrons. The molecule has 4 rings (SSSR count). The number of ether oxygens (including phenoxy) is 1. The molecule has 0 saturated heterocycles. The normalized spacial score (nSPS) is 10.7. The molecule has 9 heteroatoms. The lowest BCUT2D eigenvalue weighted by Gasteiger charge is -2.06. The Bertz CT molecular complexity index is 1200. The first-order valence-corrected chi connectivity index (χ1v) is 10.6. The van der Waals surface area contributed by atoms with Crippen molar-refractivity contribution in [1.29, 1.82) is 0 Å². The molecule has 2 aromatic carbocycles. The van der Waals surface area contributed by atoms with Crippen LogP contribution in [0.5, 0.6) is 5.75 Å². The van der Waals surface area contributed by atoms with Crippen molar-refractivity contribution in [1.82, 2.24) is 15.2 Å². The molecule has 0 aliphatic heterocycles. The van der Waals surface area contributed by atoms with Gasteiger partial charge in [0.1, 0.15) is 5.75 Å². The van der Waals surface area contributed by atoms with Gasteiger partial charge in [0.15, 0.2) is 16.7 Å². The first-order chi connectivity index (χ1) is 14.6. The standard InChI is InChI=1S/C21H16N4O3S2/c1-13(26)14-6-8-15(9-7-14)28-12-19(27)23-20-24-25-21(30-20)29-18-10-11-22-17-5-3-2-4-16(17)18/h2-11H,12H2,1H3,(H,23,24,27). The smallest absolute Gasteiger partial charge is 0.264 e. The molecule has 0 aliphatic carbocycles. The number of anilines is 1. The van der Waals surface area contributed by atoms with E-state index in [0.29, 0.717) is 20.8 Å². The molecule has 1 N–H and O–H groups in total. The van der Waals surface area contributed by atoms with E-state index >= 15 is 0 Å². The van der Waals surface area contributed by atoms with Crippen molar-refractivity contribution in [3.05, 3.63) is 66.4 Å². The van der Waals surface area contributed by atoms with Crippen LogP contribution >= 0.6 is 23.1 Å². The van der Waals surface area contributed by atoms with Crippen LogP contribution in [-0.2, 0) is 4.79 Å². The van der Waals surface area contributed by atoms with Gasteiger partial charge in [0.2, 0.25) is 5.13 Å². The fourth-order valence-corrected chi connectivity index (χ4v) is 4.49. The summed E-state index contributed by atoms with van der Waals surface area (Å²) in [6.07, 6.45) is 1.76. The molecule has 0 bridgehead atoms. The van der Waals surface area contributed by atoms with Crippen molar-refractivity contribution < 1.29 is 14.3 Å². The second-order valence-electron chi connectivity index (χ2n) is 6.22. The highest BCUT2D eigenvalue weighted by molar-refractivity contribution is 8.01. The monoisotopic (exact) mass is 436 g/mol. The van der Waals surface area contributed by atoms with Crippen LogP contribution in [-0.4, -0.2) is 33.5 Å². The van der Waals surface area contributed by atoms with Gasteiger partial charge in [-0.1, -0.05) is 41.3 Å². The predicted molar refractivity (Wildman–Crippen MR) is 116 cm³/mol. The molecule has 0 unspecified atom stereocenters. The number of Topliss-reactive ketones (excluding diaryl/α,β-unsaturated/α-hetero) is 1. The Balaban J connectivity index is 1.34. The quantitative estimate of drug-likeness (QED) is 0.338. The van der Waals surface area contributed by atoms with Crippen LogP contribution in [0.3, 0.4) is 0 Å². The van der Waals surface area contributed by atoms with Crippen LogP contribution in [0.1, 0.15) is 17.3 Å². The number of carbonyl (C=O) groups excluding carboxylic acids is 2. The molecule has 2 heterocycles. The Kier molecular flexibility index (Phi) is 6.01. The Morgan fingerprint density at radius 3 is 2.67 bits per heavy atom. The summed E-state index contributed by atoms with van der Waals surface area (Å²) < 4.78 is 6.16. The van der Waals surface area contributed by atoms with Gasteiger partial charge in [0, 0.05) is 22.0 Å². The van der Waals surface area contributed by atoms with E-state index in [-0.39, 0.29) is 18.3 Å². The predicted octanol–water partition coefficient (Wildman–Crippen LogP) is 4.46. The van der Waals surface area contributed by atoms with Crippen molar-refractivity contribution in [2.45, 2.75) is 16.2 Å². The third-order valence-corrected chi connectivity index (χ3v) is 6.06. The van der Waals surface area contributed by atoms with Crippen molar-refractivity contribution in [2.75, 3.05) is 11.9 Å². The minimum absolute atomic E-state index is 0.0241. The molecule has 4 aromatic rings. The largest absolute Gasteiger partial charge is 0.484 e. The molecule has 0 spiro atoms. The molecule has 0 saturated carbocycles. The van der Waals surface area contributed by atoms with Crippen molar-refractivity contribution >= 4 is 50.8 Å². The van der Waals surface area contributed by atoms with E-state index in [0.717, 1.165) is 15.8 Å². The summed E-state index contributed by atoms with van der Waals surface area (Å²) in [7, 11) is 0. The van der Waals surface area contributed by atoms with Gasteiger partial charge in [0.25, 0.3) is 5.91 Å². The number of ketones is 1. The van der Waals surface area contributed by atoms with Crippen LogP contribution in [0.4, 0.5) is 5.13 Å². The van der Waals surface area contributed by atoms with E-state index in [1.165, 1.54) is 30.0 Å². The van der Waals surface area contributed by atoms with Gasteiger partial charge in [-0.3, -0.25) is 19.9 Å². The highest BCUT2D eigenvalue weighted by atomic mass is 32.2. The zero-order valence-corrected chi connectivity index (χ0v) is 17.5. The highest BCUT2D eigenvalue weighted by Crippen LogP contribution is 2.35. The van der Waals surface area contributed by atoms with E-state index in [1.54, 1.807) is 30.5 Å². The van der Waals surface area contributed by atoms with Crippen LogP contribution in [0.25, 0.3) is 10.9 Å². The van der Waals surface area contributed by atoms with Gasteiger partial charge in [-0.15, -0.1) is 10.2 Å². The Morgan fingerprint density at radius 2 is 1.87 bits per heavy atom. The summed E-state index contributed by atoms with van der Waals surface area (Å²) in [6, 6.07) is 16.4. The molecular formula is C21H16N4O3S2. The summed E-state index contributed by atoms with van der Waals surface area (Å²) in [5.41, 5.74) is 1.50. The van der Waals surface area contributed by atoms with Crippen molar-refractivity contribution in [3.8, 4) is 5.75 Å². The second-order valence-corrected chi connectivity index (χ2v) is 8.49. The van der Waals surface area contributed by atoms with Crippen LogP contribution < -0.4 is 10.1 Å². The lowest BCUT2D eigenvalue weighted by atomic mass is 10.1. The van der Waals surface area contributed by atoms with E-state index in [9.17, 15) is 9.59 Å². The number of benzene rings is 2. The summed E-state index contributed by atoms with van der Waals surface area (Å²) in [4.78, 5) is 28.8. The number of nitrogens with one attached hydrogen (secondary N) is 1. The Hall–Kier alpha value is -3.30. The lowest BCUT2D eigenvalue weighted by molar-refractivity contribution is -0.118. The number of carbonyl (C=O) groups is 2. The number of amides is 1. The molecule has 2 aromatic heterocycles. The number of fused-ring (bicyclic) bond motifs is 1. The molecule has 1 amide bonds. The molecule has 30 heavy (non-hydrogen) atoms. The van der Waals surface area contributed by atoms with Crippen molar-refractivity contribution in [2.24, 2.45) is 0 Å². The average molecular weight is 437 g/mol. The average Bonchev–Trinajstić information content (AvgIpc) is 3.19. The number of hydrogen-bond acceptors (Lipinski definition) is 8. The zero-order valence-electron chi connectivity index (χ0n) is 15.9. The van der Waals surface area contributed by atoms with Gasteiger partial charge >= 0.3 is 0 Å². The van der Waals surface area contributed by atoms with E-state index in [2.05, 4.69) is 20.5 Å². The number of aromatic nitrogens is 3. The van der Waals surface area contributed by atoms with Crippen molar-refractivity contribution in [3.63, 3.8) is 0 Å². The molecule has 0 radical (unpaired) electrons. The van der Waals surface area contributed by atoms with Gasteiger partial charge < -0.3 is 4.74 Å². The summed E-state index contributed by atoms with van der Waals surface area (Å²) in [6.45, 7) is 1.32. The number of para-hydroxylation sites is 1. The molecule has 0 aliphatic rings. The number of hydrogen-bond donors (Lipinski definition) is 1. The summed E-state index contributed by atoms with van der Waals surface area (Å²) in [5, 5.41) is 12.3. The minimum Gasteiger partial charge on any atom is -0.484 e. The second kappa shape index (κ2) is 9.02. The van der Waals surface area contributed by atoms with E-state index < -0.39 is 0 Å². The van der Waals surface area contributed by atoms with Gasteiger partial charge in [0.05, 0.1) is 5.52 Å². The maximum absolute atomic E-state index is 12.1. The third kappa shape index (κ3) is 4.81. The molecule has 0 fully saturated rings. The Labute approximate surface area is 180 Å². The SMILES string of the molecule is CC(=O)c1ccc(OCC(=O)Nc2nnc(Sc3ccnc4ccccc34)s2)cc1. The highest BCUT2D eigenvalue weighted by Gasteiger charge is 2.12. The zero-order chi connectivity index (χ0) is 20.9. The molecular weight excluding hydrogens is 420 g/mol. The third-order valence-electron chi connectivity index (χ3n) is 4.09. The summed E-state index contributed by atoms with van der Waals surface area (Å²) >= 11 is 2.76. The van der Waals surface area contributed by atoms with Gasteiger partial charge in [-0.2, -0.15) is 0 Å². The topological polar surface area (TPSA) is 94.1 Å². The summed E-state index contributed by atoms with van der Waals surface area (Å²) in [5.74, 6) is 0.143. The molecule has 0 atom stereocenters. The fourth-order valence-electron chi connectivity index (χ4n) is 2.64. The number of pyridine rings is 1. The van der Waals surface area contributed by atoms with Crippen LogP contribution in [0.2, 0.25) is 0 Å². The van der Waals surface area contributed by atoms with Crippen LogP contribution in [0, 0.1) is 0 Å². The fraction of sp³-hybridized carbons (Fsp3) is 0.0952. The van der Waals surface area contributed by atoms with E-state index in [4.69, 9.17) is 4.74 Å². The maximum Gasteiger partial charge on any atom is 0.264 e. The Morgan fingerprint density at radius 1 is 1.07 bits per heavy atom. The molecule has 7 nitrogen and oxygen atoms in total. The lowest BCUT2D eigenvalue weighted by Crippen LogP contribution is -2.20. The van der Waals surface area contributed by atoms with E-state index in [1.807, 2.05) is 30.3 Å². The maximum atomic E-state index is 12.1. The number of rotatable bonds is 7. The van der Waals surface area contributed by atoms with Gasteiger partial charge in [-0.25, -0.2) is 0 Å². The minimum atomic E-state index is -0.340. The first kappa shape index (κ1) is 20.0. The van der Waals surface area contributed by atoms with Gasteiger partial charge in [-0.05, 0) is 43.3 Å². The van der Waals surface area contributed by atoms with Crippen LogP contribution in [0.15, 0.2) is 70.0 Å².